The second-order valence-electron chi connectivity index (χ2n) is 6.12. The topological polar surface area (TPSA) is 54.9 Å². The highest BCUT2D eigenvalue weighted by atomic mass is 19.1. The maximum Gasteiger partial charge on any atom is 0.191 e. The highest BCUT2D eigenvalue weighted by molar-refractivity contribution is 5.79. The zero-order valence-electron chi connectivity index (χ0n) is 16.2. The van der Waals surface area contributed by atoms with Gasteiger partial charge in [-0.25, -0.2) is 4.39 Å². The molecule has 0 aliphatic carbocycles. The van der Waals surface area contributed by atoms with Crippen LogP contribution in [0.1, 0.15) is 25.0 Å². The standard InChI is InChI=1S/C21H28FN3O2/c1-4-26-15-18-11-9-17(10-12-18)14-25-21(23-3)24-13-16(2)27-20-8-6-5-7-19(20)22/h5-12,16H,4,13-15H2,1-3H3,(H2,23,24,25). The molecule has 27 heavy (non-hydrogen) atoms. The Bertz CT molecular complexity index is 720. The monoisotopic (exact) mass is 373 g/mol. The molecule has 0 spiro atoms. The van der Waals surface area contributed by atoms with Gasteiger partial charge in [0.15, 0.2) is 17.5 Å². The van der Waals surface area contributed by atoms with Gasteiger partial charge in [0.2, 0.25) is 0 Å². The first-order valence-corrected chi connectivity index (χ1v) is 9.13. The van der Waals surface area contributed by atoms with Crippen molar-refractivity contribution in [3.63, 3.8) is 0 Å². The number of hydrogen-bond donors (Lipinski definition) is 2. The molecule has 6 heteroatoms. The van der Waals surface area contributed by atoms with E-state index in [9.17, 15) is 4.39 Å². The normalized spacial score (nSPS) is 12.5. The van der Waals surface area contributed by atoms with Crippen LogP contribution in [0.2, 0.25) is 0 Å². The Morgan fingerprint density at radius 1 is 1.07 bits per heavy atom. The summed E-state index contributed by atoms with van der Waals surface area (Å²) in [6, 6.07) is 14.7. The SMILES string of the molecule is CCOCc1ccc(CNC(=NC)NCC(C)Oc2ccccc2F)cc1. The van der Waals surface area contributed by atoms with E-state index in [0.29, 0.717) is 32.3 Å². The number of rotatable bonds is 9. The van der Waals surface area contributed by atoms with Crippen LogP contribution in [0.4, 0.5) is 4.39 Å². The van der Waals surface area contributed by atoms with E-state index >= 15 is 0 Å². The number of hydrogen-bond acceptors (Lipinski definition) is 3. The number of guanidine groups is 1. The first-order valence-electron chi connectivity index (χ1n) is 9.13. The smallest absolute Gasteiger partial charge is 0.191 e. The van der Waals surface area contributed by atoms with Gasteiger partial charge in [0, 0.05) is 20.2 Å². The van der Waals surface area contributed by atoms with Gasteiger partial charge < -0.3 is 20.1 Å². The highest BCUT2D eigenvalue weighted by Crippen LogP contribution is 2.16. The molecule has 2 aromatic rings. The number of nitrogens with one attached hydrogen (secondary N) is 2. The largest absolute Gasteiger partial charge is 0.486 e. The molecule has 0 bridgehead atoms. The van der Waals surface area contributed by atoms with Gasteiger partial charge in [0.05, 0.1) is 13.2 Å². The molecule has 2 aromatic carbocycles. The fraction of sp³-hybridized carbons (Fsp3) is 0.381. The molecule has 5 nitrogen and oxygen atoms in total. The van der Waals surface area contributed by atoms with E-state index in [0.717, 1.165) is 11.1 Å². The second-order valence-corrected chi connectivity index (χ2v) is 6.12. The predicted molar refractivity (Wildman–Crippen MR) is 106 cm³/mol. The average molecular weight is 373 g/mol. The Kier molecular flexibility index (Phi) is 8.58. The maximum atomic E-state index is 13.6. The van der Waals surface area contributed by atoms with Crippen LogP contribution in [0.3, 0.4) is 0 Å². The molecule has 2 rings (SSSR count). The van der Waals surface area contributed by atoms with Crippen molar-refractivity contribution < 1.29 is 13.9 Å². The number of ether oxygens (including phenoxy) is 2. The third kappa shape index (κ3) is 7.27. The summed E-state index contributed by atoms with van der Waals surface area (Å²) in [6.45, 7) is 6.36. The van der Waals surface area contributed by atoms with E-state index < -0.39 is 0 Å². The van der Waals surface area contributed by atoms with Crippen LogP contribution in [-0.2, 0) is 17.9 Å². The molecule has 0 fully saturated rings. The molecule has 0 saturated heterocycles. The Morgan fingerprint density at radius 2 is 1.78 bits per heavy atom. The molecular weight excluding hydrogens is 345 g/mol. The van der Waals surface area contributed by atoms with Gasteiger partial charge >= 0.3 is 0 Å². The van der Waals surface area contributed by atoms with Gasteiger partial charge in [-0.15, -0.1) is 0 Å². The summed E-state index contributed by atoms with van der Waals surface area (Å²) in [5.41, 5.74) is 2.30. The molecule has 0 heterocycles. The van der Waals surface area contributed by atoms with Crippen LogP contribution in [0.15, 0.2) is 53.5 Å². The van der Waals surface area contributed by atoms with E-state index in [4.69, 9.17) is 9.47 Å². The second kappa shape index (κ2) is 11.2. The summed E-state index contributed by atoms with van der Waals surface area (Å²) in [7, 11) is 1.71. The number of benzene rings is 2. The quantitative estimate of drug-likeness (QED) is 0.522. The van der Waals surface area contributed by atoms with E-state index in [-0.39, 0.29) is 17.7 Å². The fourth-order valence-corrected chi connectivity index (χ4v) is 2.42. The molecule has 1 atom stereocenters. The summed E-state index contributed by atoms with van der Waals surface area (Å²) in [4.78, 5) is 4.20. The molecule has 1 unspecified atom stereocenters. The predicted octanol–water partition coefficient (Wildman–Crippen LogP) is 3.49. The van der Waals surface area contributed by atoms with Crippen LogP contribution in [-0.4, -0.2) is 32.3 Å². The van der Waals surface area contributed by atoms with Crippen molar-refractivity contribution >= 4 is 5.96 Å². The minimum Gasteiger partial charge on any atom is -0.486 e. The van der Waals surface area contributed by atoms with E-state index in [1.165, 1.54) is 6.07 Å². The fourth-order valence-electron chi connectivity index (χ4n) is 2.42. The summed E-state index contributed by atoms with van der Waals surface area (Å²) in [6.07, 6.45) is -0.210. The van der Waals surface area contributed by atoms with E-state index in [1.807, 2.05) is 13.8 Å². The molecule has 146 valence electrons. The van der Waals surface area contributed by atoms with Crippen LogP contribution >= 0.6 is 0 Å². The first kappa shape index (κ1) is 20.7. The van der Waals surface area contributed by atoms with Crippen molar-refractivity contribution in [2.75, 3.05) is 20.2 Å². The third-order valence-corrected chi connectivity index (χ3v) is 3.90. The molecular formula is C21H28FN3O2. The summed E-state index contributed by atoms with van der Waals surface area (Å²) >= 11 is 0. The van der Waals surface area contributed by atoms with Crippen molar-refractivity contribution in [2.45, 2.75) is 33.1 Å². The summed E-state index contributed by atoms with van der Waals surface area (Å²) < 4.78 is 24.6. The lowest BCUT2D eigenvalue weighted by Crippen LogP contribution is -2.41. The molecule has 2 N–H and O–H groups in total. The van der Waals surface area contributed by atoms with Crippen molar-refractivity contribution in [2.24, 2.45) is 4.99 Å². The zero-order chi connectivity index (χ0) is 19.5. The van der Waals surface area contributed by atoms with Gasteiger partial charge in [0.25, 0.3) is 0 Å². The average Bonchev–Trinajstić information content (AvgIpc) is 2.69. The van der Waals surface area contributed by atoms with Gasteiger partial charge in [-0.2, -0.15) is 0 Å². The highest BCUT2D eigenvalue weighted by Gasteiger charge is 2.09. The molecule has 0 amide bonds. The van der Waals surface area contributed by atoms with Gasteiger partial charge in [-0.05, 0) is 37.1 Å². The molecule has 0 radical (unpaired) electrons. The number of nitrogens with zero attached hydrogens (tertiary/aromatic N) is 1. The van der Waals surface area contributed by atoms with E-state index in [2.05, 4.69) is 39.9 Å². The molecule has 0 aromatic heterocycles. The van der Waals surface area contributed by atoms with Crippen LogP contribution in [0.25, 0.3) is 0 Å². The number of halogens is 1. The Morgan fingerprint density at radius 3 is 2.44 bits per heavy atom. The zero-order valence-corrected chi connectivity index (χ0v) is 16.2. The maximum absolute atomic E-state index is 13.6. The Labute approximate surface area is 160 Å². The summed E-state index contributed by atoms with van der Waals surface area (Å²) in [5.74, 6) is 0.555. The lowest BCUT2D eigenvalue weighted by molar-refractivity contribution is 0.134. The van der Waals surface area contributed by atoms with Crippen LogP contribution in [0, 0.1) is 5.82 Å². The first-order chi connectivity index (χ1) is 13.1. The van der Waals surface area contributed by atoms with Crippen molar-refractivity contribution in [3.8, 4) is 5.75 Å². The van der Waals surface area contributed by atoms with Crippen molar-refractivity contribution in [3.05, 3.63) is 65.5 Å². The Hall–Kier alpha value is -2.60. The van der Waals surface area contributed by atoms with Crippen molar-refractivity contribution in [1.82, 2.24) is 10.6 Å². The molecule has 0 aliphatic heterocycles. The molecule has 0 saturated carbocycles. The van der Waals surface area contributed by atoms with E-state index in [1.54, 1.807) is 25.2 Å². The lowest BCUT2D eigenvalue weighted by atomic mass is 10.1. The minimum absolute atomic E-state index is 0.210. The van der Waals surface area contributed by atoms with Gasteiger partial charge in [-0.1, -0.05) is 36.4 Å². The van der Waals surface area contributed by atoms with Crippen molar-refractivity contribution in [1.29, 1.82) is 0 Å². The lowest BCUT2D eigenvalue weighted by Gasteiger charge is -2.18. The van der Waals surface area contributed by atoms with Gasteiger partial charge in [0.1, 0.15) is 6.10 Å². The minimum atomic E-state index is -0.361. The Balaban J connectivity index is 1.76. The third-order valence-electron chi connectivity index (χ3n) is 3.90. The number of aliphatic imine (C=N–C) groups is 1. The molecule has 0 aliphatic rings. The summed E-state index contributed by atoms with van der Waals surface area (Å²) in [5, 5.41) is 6.45. The van der Waals surface area contributed by atoms with Crippen LogP contribution < -0.4 is 15.4 Å². The van der Waals surface area contributed by atoms with Gasteiger partial charge in [-0.3, -0.25) is 4.99 Å². The number of para-hydroxylation sites is 1. The van der Waals surface area contributed by atoms with Crippen LogP contribution in [0.5, 0.6) is 5.75 Å².